The van der Waals surface area contributed by atoms with Gasteiger partial charge in [-0.15, -0.1) is 0 Å². The molecule has 4 heteroatoms. The fourth-order valence-electron chi connectivity index (χ4n) is 3.30. The Balaban J connectivity index is 1.50. The number of nitrogens with zero attached hydrogens (tertiary/aromatic N) is 1. The van der Waals surface area contributed by atoms with E-state index in [0.717, 1.165) is 18.4 Å². The van der Waals surface area contributed by atoms with Gasteiger partial charge in [-0.1, -0.05) is 42.0 Å². The van der Waals surface area contributed by atoms with E-state index in [1.165, 1.54) is 5.56 Å². The van der Waals surface area contributed by atoms with Crippen LogP contribution in [0.25, 0.3) is 0 Å². The molecule has 0 bridgehead atoms. The number of carbonyl (C=O) groups excluding carboxylic acids is 2. The van der Waals surface area contributed by atoms with Crippen molar-refractivity contribution in [1.29, 1.82) is 0 Å². The molecule has 23 heavy (non-hydrogen) atoms. The lowest BCUT2D eigenvalue weighted by molar-refractivity contribution is -0.133. The molecule has 1 fully saturated rings. The summed E-state index contributed by atoms with van der Waals surface area (Å²) in [6, 6.07) is 7.88. The van der Waals surface area contributed by atoms with Crippen molar-refractivity contribution < 1.29 is 9.59 Å². The Kier molecular flexibility index (Phi) is 4.79. The molecule has 0 radical (unpaired) electrons. The Morgan fingerprint density at radius 2 is 2.04 bits per heavy atom. The Bertz CT molecular complexity index is 606. The van der Waals surface area contributed by atoms with Crippen LogP contribution in [-0.4, -0.2) is 29.3 Å². The zero-order valence-electron chi connectivity index (χ0n) is 13.6. The van der Waals surface area contributed by atoms with Crippen LogP contribution < -0.4 is 5.32 Å². The van der Waals surface area contributed by atoms with Crippen LogP contribution in [-0.2, 0) is 16.1 Å². The van der Waals surface area contributed by atoms with Crippen molar-refractivity contribution in [2.24, 2.45) is 5.92 Å². The lowest BCUT2D eigenvalue weighted by Crippen LogP contribution is -2.41. The van der Waals surface area contributed by atoms with E-state index in [9.17, 15) is 9.59 Å². The molecule has 1 aliphatic heterocycles. The molecular weight excluding hydrogens is 288 g/mol. The van der Waals surface area contributed by atoms with Crippen LogP contribution >= 0.6 is 0 Å². The summed E-state index contributed by atoms with van der Waals surface area (Å²) < 4.78 is 0. The van der Waals surface area contributed by atoms with Gasteiger partial charge in [0.15, 0.2) is 0 Å². The third-order valence-corrected chi connectivity index (χ3v) is 4.69. The second kappa shape index (κ2) is 6.99. The predicted molar refractivity (Wildman–Crippen MR) is 89.6 cm³/mol. The van der Waals surface area contributed by atoms with Crippen LogP contribution in [0.2, 0.25) is 0 Å². The maximum Gasteiger partial charge on any atom is 0.245 e. The summed E-state index contributed by atoms with van der Waals surface area (Å²) in [5, 5.41) is 2.92. The first-order valence-electron chi connectivity index (χ1n) is 8.42. The van der Waals surface area contributed by atoms with E-state index in [0.29, 0.717) is 31.8 Å². The van der Waals surface area contributed by atoms with Gasteiger partial charge in [-0.25, -0.2) is 0 Å². The van der Waals surface area contributed by atoms with Crippen molar-refractivity contribution in [2.75, 3.05) is 6.54 Å². The monoisotopic (exact) mass is 312 g/mol. The minimum atomic E-state index is -0.349. The fourth-order valence-corrected chi connectivity index (χ4v) is 3.30. The van der Waals surface area contributed by atoms with Crippen molar-refractivity contribution in [1.82, 2.24) is 10.2 Å². The summed E-state index contributed by atoms with van der Waals surface area (Å²) in [7, 11) is 0. The highest BCUT2D eigenvalue weighted by Gasteiger charge is 2.32. The largest absolute Gasteiger partial charge is 0.344 e. The Morgan fingerprint density at radius 3 is 2.74 bits per heavy atom. The zero-order valence-corrected chi connectivity index (χ0v) is 13.6. The van der Waals surface area contributed by atoms with Gasteiger partial charge in [0, 0.05) is 19.5 Å². The molecule has 0 aromatic heterocycles. The van der Waals surface area contributed by atoms with Crippen LogP contribution in [0.5, 0.6) is 0 Å². The van der Waals surface area contributed by atoms with Gasteiger partial charge in [-0.3, -0.25) is 9.59 Å². The molecule has 1 aromatic carbocycles. The number of carbonyl (C=O) groups is 2. The number of nitrogens with one attached hydrogen (secondary N) is 1. The van der Waals surface area contributed by atoms with Gasteiger partial charge in [0.05, 0.1) is 0 Å². The first kappa shape index (κ1) is 15.8. The van der Waals surface area contributed by atoms with Crippen molar-refractivity contribution in [3.8, 4) is 0 Å². The van der Waals surface area contributed by atoms with Crippen LogP contribution in [0.1, 0.15) is 36.8 Å². The fraction of sp³-hybridized carbons (Fsp3) is 0.474. The van der Waals surface area contributed by atoms with Gasteiger partial charge in [0.25, 0.3) is 0 Å². The van der Waals surface area contributed by atoms with Gasteiger partial charge in [-0.05, 0) is 37.7 Å². The maximum atomic E-state index is 12.4. The van der Waals surface area contributed by atoms with Crippen molar-refractivity contribution in [3.63, 3.8) is 0 Å². The van der Waals surface area contributed by atoms with E-state index in [1.807, 2.05) is 4.90 Å². The SMILES string of the molecule is Cc1ccc(CN2CC[C@@H](NC(=O)C[C@@H]3C=CCC3)C2=O)cc1. The Hall–Kier alpha value is -2.10. The molecule has 3 rings (SSSR count). The summed E-state index contributed by atoms with van der Waals surface area (Å²) in [5.74, 6) is 0.383. The second-order valence-electron chi connectivity index (χ2n) is 6.62. The minimum Gasteiger partial charge on any atom is -0.344 e. The van der Waals surface area contributed by atoms with Gasteiger partial charge in [0.2, 0.25) is 11.8 Å². The first-order valence-corrected chi connectivity index (χ1v) is 8.42. The van der Waals surface area contributed by atoms with Gasteiger partial charge in [0.1, 0.15) is 6.04 Å². The number of allylic oxidation sites excluding steroid dienone is 2. The number of benzene rings is 1. The van der Waals surface area contributed by atoms with E-state index in [-0.39, 0.29) is 17.9 Å². The molecule has 122 valence electrons. The van der Waals surface area contributed by atoms with Crippen LogP contribution in [0.4, 0.5) is 0 Å². The number of amides is 2. The van der Waals surface area contributed by atoms with Crippen molar-refractivity contribution >= 4 is 11.8 Å². The highest BCUT2D eigenvalue weighted by molar-refractivity contribution is 5.89. The molecule has 4 nitrogen and oxygen atoms in total. The first-order chi connectivity index (χ1) is 11.1. The average molecular weight is 312 g/mol. The van der Waals surface area contributed by atoms with E-state index in [1.54, 1.807) is 0 Å². The summed E-state index contributed by atoms with van der Waals surface area (Å²) in [6.45, 7) is 3.38. The number of rotatable bonds is 5. The minimum absolute atomic E-state index is 0.00270. The van der Waals surface area contributed by atoms with Crippen molar-refractivity contribution in [3.05, 3.63) is 47.5 Å². The molecule has 1 aliphatic carbocycles. The summed E-state index contributed by atoms with van der Waals surface area (Å²) in [4.78, 5) is 26.4. The molecule has 0 unspecified atom stereocenters. The summed E-state index contributed by atoms with van der Waals surface area (Å²) in [6.07, 6.45) is 7.55. The summed E-state index contributed by atoms with van der Waals surface area (Å²) >= 11 is 0. The number of hydrogen-bond donors (Lipinski definition) is 1. The molecule has 1 heterocycles. The zero-order chi connectivity index (χ0) is 16.2. The lowest BCUT2D eigenvalue weighted by Gasteiger charge is -2.18. The quantitative estimate of drug-likeness (QED) is 0.850. The number of aryl methyl sites for hydroxylation is 1. The Morgan fingerprint density at radius 1 is 1.26 bits per heavy atom. The van der Waals surface area contributed by atoms with Crippen molar-refractivity contribution in [2.45, 2.75) is 45.2 Å². The molecule has 2 amide bonds. The van der Waals surface area contributed by atoms with Gasteiger partial charge in [-0.2, -0.15) is 0 Å². The third kappa shape index (κ3) is 4.01. The molecule has 0 saturated carbocycles. The third-order valence-electron chi connectivity index (χ3n) is 4.69. The molecule has 2 atom stereocenters. The lowest BCUT2D eigenvalue weighted by atomic mass is 10.0. The predicted octanol–water partition coefficient (Wildman–Crippen LogP) is 2.57. The molecule has 0 spiro atoms. The maximum absolute atomic E-state index is 12.4. The molecular formula is C19H24N2O2. The Labute approximate surface area is 137 Å². The van der Waals surface area contributed by atoms with E-state index < -0.39 is 0 Å². The molecule has 1 saturated heterocycles. The smallest absolute Gasteiger partial charge is 0.245 e. The van der Waals surface area contributed by atoms with Gasteiger partial charge < -0.3 is 10.2 Å². The van der Waals surface area contributed by atoms with Gasteiger partial charge >= 0.3 is 0 Å². The standard InChI is InChI=1S/C19H24N2O2/c1-14-6-8-16(9-7-14)13-21-11-10-17(19(21)23)20-18(22)12-15-4-2-3-5-15/h2,4,6-9,15,17H,3,5,10-13H2,1H3,(H,20,22)/t15-,17-/m1/s1. The van der Waals surface area contributed by atoms with E-state index in [4.69, 9.17) is 0 Å². The van der Waals surface area contributed by atoms with Crippen LogP contribution in [0.15, 0.2) is 36.4 Å². The topological polar surface area (TPSA) is 49.4 Å². The number of hydrogen-bond acceptors (Lipinski definition) is 2. The van der Waals surface area contributed by atoms with Crippen LogP contribution in [0, 0.1) is 12.8 Å². The second-order valence-corrected chi connectivity index (χ2v) is 6.62. The molecule has 2 aliphatic rings. The highest BCUT2D eigenvalue weighted by Crippen LogP contribution is 2.21. The normalized spacial score (nSPS) is 23.5. The summed E-state index contributed by atoms with van der Waals surface area (Å²) in [5.41, 5.74) is 2.35. The highest BCUT2D eigenvalue weighted by atomic mass is 16.2. The van der Waals surface area contributed by atoms with E-state index in [2.05, 4.69) is 48.7 Å². The molecule has 1 aromatic rings. The molecule has 1 N–H and O–H groups in total. The number of likely N-dealkylation sites (tertiary alicyclic amines) is 1. The average Bonchev–Trinajstić information content (AvgIpc) is 3.14. The van der Waals surface area contributed by atoms with Crippen LogP contribution in [0.3, 0.4) is 0 Å². The van der Waals surface area contributed by atoms with E-state index >= 15 is 0 Å².